The Morgan fingerprint density at radius 2 is 0.640 bits per heavy atom. The van der Waals surface area contributed by atoms with E-state index in [1.807, 2.05) is 0 Å². The lowest BCUT2D eigenvalue weighted by Crippen LogP contribution is -1.93. The molecule has 0 aliphatic carbocycles. The molecule has 10 aromatic carbocycles. The van der Waals surface area contributed by atoms with Crippen molar-refractivity contribution in [1.29, 1.82) is 0 Å². The average Bonchev–Trinajstić information content (AvgIpc) is 3.19. The Morgan fingerprint density at radius 3 is 1.32 bits per heavy atom. The number of rotatable bonds is 4. The summed E-state index contributed by atoms with van der Waals surface area (Å²) in [6.07, 6.45) is 0. The van der Waals surface area contributed by atoms with Crippen LogP contribution in [0.3, 0.4) is 0 Å². The van der Waals surface area contributed by atoms with Crippen LogP contribution in [0, 0.1) is 0 Å². The number of benzene rings is 10. The van der Waals surface area contributed by atoms with Crippen molar-refractivity contribution in [1.82, 2.24) is 0 Å². The summed E-state index contributed by atoms with van der Waals surface area (Å²) in [5, 5.41) is 12.7. The van der Waals surface area contributed by atoms with Crippen LogP contribution in [0.1, 0.15) is 0 Å². The Labute approximate surface area is 291 Å². The van der Waals surface area contributed by atoms with Gasteiger partial charge in [0.2, 0.25) is 0 Å². The van der Waals surface area contributed by atoms with Gasteiger partial charge in [0.1, 0.15) is 0 Å². The van der Waals surface area contributed by atoms with Gasteiger partial charge in [0.15, 0.2) is 0 Å². The smallest absolute Gasteiger partial charge is 0.00201 e. The fraction of sp³-hybridized carbons (Fsp3) is 0. The van der Waals surface area contributed by atoms with Crippen molar-refractivity contribution < 1.29 is 0 Å². The molecule has 0 heterocycles. The molecule has 0 nitrogen and oxygen atoms in total. The lowest BCUT2D eigenvalue weighted by atomic mass is 9.83. The molecular formula is C50H32. The van der Waals surface area contributed by atoms with Gasteiger partial charge in [-0.25, -0.2) is 0 Å². The van der Waals surface area contributed by atoms with Crippen molar-refractivity contribution in [2.75, 3.05) is 0 Å². The van der Waals surface area contributed by atoms with Crippen LogP contribution in [-0.2, 0) is 0 Å². The molecule has 0 bridgehead atoms. The van der Waals surface area contributed by atoms with Gasteiger partial charge >= 0.3 is 0 Å². The molecule has 0 aliphatic rings. The standard InChI is InChI=1S/C50H32/c1-2-15-35-31-37(28-27-33(35)13-1)36-17-11-18-38(32-36)40-29-30-48(42-21-6-5-20-41(40)42)50-46-24-9-7-22-44(46)49(45-23-8-10-25-47(45)50)43-26-12-16-34-14-3-4-19-39(34)43/h1-32H. The summed E-state index contributed by atoms with van der Waals surface area (Å²) in [6, 6.07) is 71.3. The van der Waals surface area contributed by atoms with E-state index in [1.165, 1.54) is 98.4 Å². The number of fused-ring (bicyclic) bond motifs is 5. The lowest BCUT2D eigenvalue weighted by Gasteiger charge is -2.20. The minimum Gasteiger partial charge on any atom is -0.0616 e. The predicted molar refractivity (Wildman–Crippen MR) is 216 cm³/mol. The van der Waals surface area contributed by atoms with Gasteiger partial charge in [0, 0.05) is 0 Å². The molecular weight excluding hydrogens is 601 g/mol. The van der Waals surface area contributed by atoms with Crippen molar-refractivity contribution in [3.8, 4) is 44.5 Å². The highest BCUT2D eigenvalue weighted by atomic mass is 14.2. The molecule has 0 spiro atoms. The highest BCUT2D eigenvalue weighted by Gasteiger charge is 2.20. The molecule has 10 aromatic rings. The molecule has 0 aromatic heterocycles. The Kier molecular flexibility index (Phi) is 6.60. The third kappa shape index (κ3) is 4.54. The molecule has 0 heteroatoms. The van der Waals surface area contributed by atoms with Gasteiger partial charge in [-0.2, -0.15) is 0 Å². The van der Waals surface area contributed by atoms with Crippen LogP contribution in [0.4, 0.5) is 0 Å². The number of hydrogen-bond donors (Lipinski definition) is 0. The highest BCUT2D eigenvalue weighted by molar-refractivity contribution is 6.25. The maximum absolute atomic E-state index is 2.35. The Bertz CT molecular complexity index is 2860. The maximum atomic E-state index is 2.35. The summed E-state index contributed by atoms with van der Waals surface area (Å²) in [5.74, 6) is 0. The summed E-state index contributed by atoms with van der Waals surface area (Å²) in [7, 11) is 0. The minimum atomic E-state index is 1.22. The van der Waals surface area contributed by atoms with Crippen LogP contribution in [0.2, 0.25) is 0 Å². The first kappa shape index (κ1) is 28.5. The van der Waals surface area contributed by atoms with E-state index in [4.69, 9.17) is 0 Å². The largest absolute Gasteiger partial charge is 0.0616 e. The zero-order valence-corrected chi connectivity index (χ0v) is 27.5. The first-order valence-electron chi connectivity index (χ1n) is 17.4. The summed E-state index contributed by atoms with van der Waals surface area (Å²) in [6.45, 7) is 0. The third-order valence-corrected chi connectivity index (χ3v) is 10.4. The molecule has 0 unspecified atom stereocenters. The van der Waals surface area contributed by atoms with Crippen LogP contribution in [0.15, 0.2) is 194 Å². The van der Waals surface area contributed by atoms with Crippen LogP contribution >= 0.6 is 0 Å². The molecule has 0 saturated heterocycles. The fourth-order valence-electron chi connectivity index (χ4n) is 8.16. The summed E-state index contributed by atoms with van der Waals surface area (Å²) < 4.78 is 0. The molecule has 232 valence electrons. The van der Waals surface area contributed by atoms with Gasteiger partial charge in [0.05, 0.1) is 0 Å². The zero-order valence-electron chi connectivity index (χ0n) is 27.5. The third-order valence-electron chi connectivity index (χ3n) is 10.4. The molecule has 0 N–H and O–H groups in total. The molecule has 0 radical (unpaired) electrons. The van der Waals surface area contributed by atoms with Crippen LogP contribution < -0.4 is 0 Å². The molecule has 0 aliphatic heterocycles. The molecule has 50 heavy (non-hydrogen) atoms. The molecule has 0 fully saturated rings. The first-order chi connectivity index (χ1) is 24.8. The van der Waals surface area contributed by atoms with E-state index in [0.717, 1.165) is 0 Å². The lowest BCUT2D eigenvalue weighted by molar-refractivity contribution is 1.61. The van der Waals surface area contributed by atoms with E-state index in [9.17, 15) is 0 Å². The van der Waals surface area contributed by atoms with Crippen molar-refractivity contribution in [2.45, 2.75) is 0 Å². The normalized spacial score (nSPS) is 11.6. The SMILES string of the molecule is c1cc(-c2ccc3ccccc3c2)cc(-c2ccc(-c3c4ccccc4c(-c4cccc5ccccc45)c4ccccc34)c3ccccc23)c1. The topological polar surface area (TPSA) is 0 Å². The van der Waals surface area contributed by atoms with Crippen molar-refractivity contribution in [3.05, 3.63) is 194 Å². The van der Waals surface area contributed by atoms with E-state index in [0.29, 0.717) is 0 Å². The molecule has 0 saturated carbocycles. The Balaban J connectivity index is 1.20. The maximum Gasteiger partial charge on any atom is -0.00201 e. The van der Waals surface area contributed by atoms with Crippen molar-refractivity contribution in [3.63, 3.8) is 0 Å². The van der Waals surface area contributed by atoms with Crippen LogP contribution in [0.5, 0.6) is 0 Å². The van der Waals surface area contributed by atoms with Crippen LogP contribution in [0.25, 0.3) is 98.4 Å². The fourth-order valence-corrected chi connectivity index (χ4v) is 8.16. The predicted octanol–water partition coefficient (Wildman–Crippen LogP) is 14.1. The van der Waals surface area contributed by atoms with Crippen molar-refractivity contribution >= 4 is 53.9 Å². The Morgan fingerprint density at radius 1 is 0.200 bits per heavy atom. The molecule has 0 atom stereocenters. The molecule has 0 amide bonds. The monoisotopic (exact) mass is 632 g/mol. The molecule has 10 rings (SSSR count). The number of hydrogen-bond acceptors (Lipinski definition) is 0. The summed E-state index contributed by atoms with van der Waals surface area (Å²) >= 11 is 0. The minimum absolute atomic E-state index is 1.22. The van der Waals surface area contributed by atoms with Gasteiger partial charge in [-0.05, 0) is 111 Å². The Hall–Kier alpha value is -6.50. The summed E-state index contributed by atoms with van der Waals surface area (Å²) in [5.41, 5.74) is 10.0. The second-order valence-corrected chi connectivity index (χ2v) is 13.2. The van der Waals surface area contributed by atoms with Gasteiger partial charge < -0.3 is 0 Å². The van der Waals surface area contributed by atoms with Gasteiger partial charge in [-0.15, -0.1) is 0 Å². The highest BCUT2D eigenvalue weighted by Crippen LogP contribution is 2.47. The van der Waals surface area contributed by atoms with E-state index in [2.05, 4.69) is 194 Å². The van der Waals surface area contributed by atoms with E-state index < -0.39 is 0 Å². The average molecular weight is 633 g/mol. The summed E-state index contributed by atoms with van der Waals surface area (Å²) in [4.78, 5) is 0. The second kappa shape index (κ2) is 11.6. The van der Waals surface area contributed by atoms with Crippen LogP contribution in [-0.4, -0.2) is 0 Å². The zero-order chi connectivity index (χ0) is 33.0. The van der Waals surface area contributed by atoms with Gasteiger partial charge in [-0.1, -0.05) is 182 Å². The van der Waals surface area contributed by atoms with E-state index in [1.54, 1.807) is 0 Å². The first-order valence-corrected chi connectivity index (χ1v) is 17.4. The van der Waals surface area contributed by atoms with Gasteiger partial charge in [0.25, 0.3) is 0 Å². The van der Waals surface area contributed by atoms with E-state index in [-0.39, 0.29) is 0 Å². The van der Waals surface area contributed by atoms with E-state index >= 15 is 0 Å². The van der Waals surface area contributed by atoms with Crippen molar-refractivity contribution in [2.24, 2.45) is 0 Å². The van der Waals surface area contributed by atoms with Gasteiger partial charge in [-0.3, -0.25) is 0 Å². The quantitative estimate of drug-likeness (QED) is 0.169. The second-order valence-electron chi connectivity index (χ2n) is 13.2.